The zero-order valence-corrected chi connectivity index (χ0v) is 31.2. The number of ether oxygens (including phenoxy) is 2. The molecule has 15 heteroatoms. The van der Waals surface area contributed by atoms with Crippen molar-refractivity contribution in [2.24, 2.45) is 4.99 Å². The molecule has 2 aromatic carbocycles. The average molecular weight is 727 g/mol. The quantitative estimate of drug-likeness (QED) is 0.169. The van der Waals surface area contributed by atoms with Gasteiger partial charge < -0.3 is 29.5 Å². The number of likely N-dealkylation sites (N-methyl/N-ethyl adjacent to an activating group) is 2. The summed E-state index contributed by atoms with van der Waals surface area (Å²) in [5.41, 5.74) is 2.05. The maximum absolute atomic E-state index is 13.5. The normalized spacial score (nSPS) is 16.3. The lowest BCUT2D eigenvalue weighted by molar-refractivity contribution is -0.140. The molecule has 0 spiro atoms. The van der Waals surface area contributed by atoms with E-state index in [4.69, 9.17) is 4.74 Å². The minimum atomic E-state index is -4.04. The van der Waals surface area contributed by atoms with Crippen LogP contribution in [0.3, 0.4) is 0 Å². The Morgan fingerprint density at radius 1 is 1.04 bits per heavy atom. The Labute approximate surface area is 300 Å². The lowest BCUT2D eigenvalue weighted by atomic mass is 9.98. The second-order valence-electron chi connectivity index (χ2n) is 13.6. The molecule has 2 aliphatic heterocycles. The molecule has 278 valence electrons. The Balaban J connectivity index is 1.42. The largest absolute Gasteiger partial charge is 0.469 e. The van der Waals surface area contributed by atoms with Crippen LogP contribution in [0, 0.1) is 0 Å². The van der Waals surface area contributed by atoms with E-state index < -0.39 is 21.5 Å². The summed E-state index contributed by atoms with van der Waals surface area (Å²) >= 11 is 0. The number of piperazine rings is 1. The molecule has 3 amide bonds. The third kappa shape index (κ3) is 10.3. The lowest BCUT2D eigenvalue weighted by Crippen LogP contribution is -2.50. The number of amides is 3. The van der Waals surface area contributed by atoms with E-state index in [2.05, 4.69) is 19.9 Å². The molecule has 0 radical (unpaired) electrons. The van der Waals surface area contributed by atoms with E-state index in [1.807, 2.05) is 45.9 Å². The number of rotatable bonds is 14. The molecule has 1 saturated heterocycles. The summed E-state index contributed by atoms with van der Waals surface area (Å²) in [6, 6.07) is 11.7. The number of esters is 1. The summed E-state index contributed by atoms with van der Waals surface area (Å²) in [4.78, 5) is 60.0. The number of methoxy groups -OCH3 is 1. The van der Waals surface area contributed by atoms with E-state index in [-0.39, 0.29) is 35.3 Å². The molecule has 2 aliphatic rings. The number of hydrogen-bond acceptors (Lipinski definition) is 10. The Kier molecular flexibility index (Phi) is 13.2. The highest BCUT2D eigenvalue weighted by atomic mass is 32.2. The number of sulfonamides is 1. The van der Waals surface area contributed by atoms with Crippen molar-refractivity contribution >= 4 is 57.2 Å². The Bertz CT molecular complexity index is 1720. The highest BCUT2D eigenvalue weighted by Crippen LogP contribution is 2.40. The fourth-order valence-electron chi connectivity index (χ4n) is 5.96. The van der Waals surface area contributed by atoms with Crippen LogP contribution in [0.1, 0.15) is 64.9 Å². The van der Waals surface area contributed by atoms with Crippen LogP contribution in [0.4, 0.5) is 21.9 Å². The zero-order chi connectivity index (χ0) is 37.3. The number of hydrogen-bond donors (Lipinski definition) is 1. The van der Waals surface area contributed by atoms with E-state index in [1.165, 1.54) is 32.5 Å². The van der Waals surface area contributed by atoms with Gasteiger partial charge in [-0.2, -0.15) is 4.31 Å². The van der Waals surface area contributed by atoms with Crippen LogP contribution in [-0.4, -0.2) is 118 Å². The molecule has 1 atom stereocenters. The van der Waals surface area contributed by atoms with Crippen molar-refractivity contribution in [3.63, 3.8) is 0 Å². The van der Waals surface area contributed by atoms with Crippen molar-refractivity contribution in [3.8, 4) is 0 Å². The molecule has 1 N–H and O–H groups in total. The van der Waals surface area contributed by atoms with Gasteiger partial charge in [0.15, 0.2) is 0 Å². The van der Waals surface area contributed by atoms with Crippen molar-refractivity contribution in [2.45, 2.75) is 69.8 Å². The second kappa shape index (κ2) is 17.1. The first-order valence-corrected chi connectivity index (χ1v) is 18.7. The average Bonchev–Trinajstić information content (AvgIpc) is 3.42. The number of nitrogens with one attached hydrogen (secondary N) is 1. The van der Waals surface area contributed by atoms with E-state index >= 15 is 0 Å². The van der Waals surface area contributed by atoms with Crippen LogP contribution in [-0.2, 0) is 33.9 Å². The number of fused-ring (bicyclic) bond motifs is 1. The number of unbranched alkanes of at least 4 members (excludes halogenated alkanes) is 2. The number of benzene rings is 2. The minimum Gasteiger partial charge on any atom is -0.469 e. The van der Waals surface area contributed by atoms with Crippen LogP contribution >= 0.6 is 0 Å². The zero-order valence-electron chi connectivity index (χ0n) is 30.4. The SMILES string of the molecule is CCN(CCCCCC(=O)OC)C(=O)CN(C)S(=O)(=O)c1cccc(N=CC2C(=O)Nc3cccc(N4CCN(C(=O)OC(C)(C)C)CC4)c32)c1. The smallest absolute Gasteiger partial charge is 0.410 e. The molecule has 0 aliphatic carbocycles. The summed E-state index contributed by atoms with van der Waals surface area (Å²) in [6.45, 7) is 9.92. The van der Waals surface area contributed by atoms with E-state index in [0.29, 0.717) is 69.9 Å². The van der Waals surface area contributed by atoms with Crippen molar-refractivity contribution in [1.82, 2.24) is 14.1 Å². The van der Waals surface area contributed by atoms with Crippen molar-refractivity contribution < 1.29 is 37.1 Å². The molecule has 0 saturated carbocycles. The highest BCUT2D eigenvalue weighted by molar-refractivity contribution is 7.89. The Morgan fingerprint density at radius 3 is 2.41 bits per heavy atom. The van der Waals surface area contributed by atoms with Gasteiger partial charge in [0, 0.05) is 75.9 Å². The number of carbonyl (C=O) groups excluding carboxylic acids is 4. The summed E-state index contributed by atoms with van der Waals surface area (Å²) in [7, 11) is -1.33. The molecular formula is C36H50N6O8S. The van der Waals surface area contributed by atoms with E-state index in [1.54, 1.807) is 21.9 Å². The maximum Gasteiger partial charge on any atom is 0.410 e. The number of aliphatic imine (C=N–C) groups is 1. The summed E-state index contributed by atoms with van der Waals surface area (Å²) in [6.07, 6.45) is 3.56. The molecule has 2 heterocycles. The maximum atomic E-state index is 13.5. The van der Waals surface area contributed by atoms with Gasteiger partial charge in [-0.05, 0) is 70.9 Å². The molecule has 14 nitrogen and oxygen atoms in total. The molecule has 1 fully saturated rings. The minimum absolute atomic E-state index is 0.0295. The van der Waals surface area contributed by atoms with Crippen molar-refractivity contribution in [1.29, 1.82) is 0 Å². The first-order chi connectivity index (χ1) is 24.1. The van der Waals surface area contributed by atoms with Gasteiger partial charge in [0.25, 0.3) is 0 Å². The summed E-state index contributed by atoms with van der Waals surface area (Å²) in [5, 5.41) is 2.93. The van der Waals surface area contributed by atoms with E-state index in [0.717, 1.165) is 22.0 Å². The van der Waals surface area contributed by atoms with Crippen molar-refractivity contribution in [2.75, 3.05) is 70.2 Å². The second-order valence-corrected chi connectivity index (χ2v) is 15.6. The topological polar surface area (TPSA) is 158 Å². The number of carbonyl (C=O) groups is 4. The fraction of sp³-hybridized carbons (Fsp3) is 0.528. The van der Waals surface area contributed by atoms with Gasteiger partial charge in [-0.25, -0.2) is 13.2 Å². The third-order valence-electron chi connectivity index (χ3n) is 8.73. The van der Waals surface area contributed by atoms with Gasteiger partial charge in [0.2, 0.25) is 21.8 Å². The van der Waals surface area contributed by atoms with Crippen LogP contribution in [0.2, 0.25) is 0 Å². The monoisotopic (exact) mass is 726 g/mol. The number of nitrogens with zero attached hydrogens (tertiary/aromatic N) is 5. The predicted octanol–water partition coefficient (Wildman–Crippen LogP) is 4.38. The molecular weight excluding hydrogens is 676 g/mol. The van der Waals surface area contributed by atoms with E-state index in [9.17, 15) is 27.6 Å². The Hall–Kier alpha value is -4.50. The molecule has 1 unspecified atom stereocenters. The highest BCUT2D eigenvalue weighted by Gasteiger charge is 2.35. The first-order valence-electron chi connectivity index (χ1n) is 17.3. The van der Waals surface area contributed by atoms with Gasteiger partial charge in [0.05, 0.1) is 24.2 Å². The van der Waals surface area contributed by atoms with Gasteiger partial charge >= 0.3 is 12.1 Å². The number of anilines is 2. The predicted molar refractivity (Wildman–Crippen MR) is 195 cm³/mol. The van der Waals surface area contributed by atoms with Crippen LogP contribution < -0.4 is 10.2 Å². The van der Waals surface area contributed by atoms with Gasteiger partial charge in [-0.3, -0.25) is 19.4 Å². The van der Waals surface area contributed by atoms with Gasteiger partial charge in [-0.15, -0.1) is 0 Å². The molecule has 2 aromatic rings. The molecule has 0 bridgehead atoms. The first kappa shape index (κ1) is 39.3. The molecule has 51 heavy (non-hydrogen) atoms. The van der Waals surface area contributed by atoms with Crippen molar-refractivity contribution in [3.05, 3.63) is 48.0 Å². The standard InChI is InChI=1S/C36H50N6O8S/c1-7-40(18-10-8-9-17-32(44)49-6)31(43)25-39(5)51(47,48)27-14-11-13-26(23-27)37-24-28-33-29(38-34(28)45)15-12-16-30(33)41-19-21-42(22-20-41)35(46)50-36(2,3)4/h11-16,23-24,28H,7-10,17-22,25H2,1-6H3,(H,38,45). The van der Waals surface area contributed by atoms with Crippen LogP contribution in [0.25, 0.3) is 0 Å². The summed E-state index contributed by atoms with van der Waals surface area (Å²) < 4.78 is 38.2. The molecule has 0 aromatic heterocycles. The van der Waals surface area contributed by atoms with Crippen LogP contribution in [0.5, 0.6) is 0 Å². The van der Waals surface area contributed by atoms with Crippen LogP contribution in [0.15, 0.2) is 52.4 Å². The summed E-state index contributed by atoms with van der Waals surface area (Å²) in [5.74, 6) is -1.56. The lowest BCUT2D eigenvalue weighted by Gasteiger charge is -2.37. The third-order valence-corrected chi connectivity index (χ3v) is 10.5. The van der Waals surface area contributed by atoms with Gasteiger partial charge in [0.1, 0.15) is 11.5 Å². The molecule has 4 rings (SSSR count). The fourth-order valence-corrected chi connectivity index (χ4v) is 7.12. The Morgan fingerprint density at radius 2 is 1.75 bits per heavy atom. The van der Waals surface area contributed by atoms with Gasteiger partial charge in [-0.1, -0.05) is 18.6 Å².